The van der Waals surface area contributed by atoms with Crippen molar-refractivity contribution in [1.82, 2.24) is 10.3 Å². The van der Waals surface area contributed by atoms with Gasteiger partial charge in [0.25, 0.3) is 0 Å². The number of nitrogens with one attached hydrogen (secondary N) is 1. The average Bonchev–Trinajstić information content (AvgIpc) is 2.48. The van der Waals surface area contributed by atoms with E-state index in [1.54, 1.807) is 6.20 Å². The minimum Gasteiger partial charge on any atom is -0.356 e. The van der Waals surface area contributed by atoms with Gasteiger partial charge in [0.2, 0.25) is 5.91 Å². The van der Waals surface area contributed by atoms with Crippen molar-refractivity contribution in [2.24, 2.45) is 0 Å². The first-order valence-electron chi connectivity index (χ1n) is 6.65. The molecule has 20 heavy (non-hydrogen) atoms. The van der Waals surface area contributed by atoms with Crippen LogP contribution in [-0.2, 0) is 17.6 Å². The van der Waals surface area contributed by atoms with Crippen LogP contribution in [0.5, 0.6) is 0 Å². The Morgan fingerprint density at radius 2 is 1.90 bits per heavy atom. The molecule has 0 radical (unpaired) electrons. The van der Waals surface area contributed by atoms with Gasteiger partial charge in [-0.1, -0.05) is 29.8 Å². The molecule has 0 saturated carbocycles. The van der Waals surface area contributed by atoms with Gasteiger partial charge in [-0.25, -0.2) is 0 Å². The standard InChI is InChI=1S/C16H17ClN2O/c17-14-6-4-13(5-7-14)10-12-19-16(20)9-8-15-3-1-2-11-18-15/h1-7,11H,8-10,12H2,(H,19,20). The lowest BCUT2D eigenvalue weighted by molar-refractivity contribution is -0.121. The van der Waals surface area contributed by atoms with Crippen LogP contribution in [0.4, 0.5) is 0 Å². The van der Waals surface area contributed by atoms with Crippen LogP contribution in [0.3, 0.4) is 0 Å². The average molecular weight is 289 g/mol. The molecule has 2 aromatic rings. The molecule has 0 saturated heterocycles. The van der Waals surface area contributed by atoms with Gasteiger partial charge in [0, 0.05) is 29.9 Å². The van der Waals surface area contributed by atoms with Crippen LogP contribution in [0.1, 0.15) is 17.7 Å². The largest absolute Gasteiger partial charge is 0.356 e. The van der Waals surface area contributed by atoms with Crippen LogP contribution in [0.25, 0.3) is 0 Å². The zero-order valence-corrected chi connectivity index (χ0v) is 11.9. The van der Waals surface area contributed by atoms with Gasteiger partial charge in [-0.15, -0.1) is 0 Å². The second kappa shape index (κ2) is 7.65. The maximum atomic E-state index is 11.7. The van der Waals surface area contributed by atoms with Crippen molar-refractivity contribution < 1.29 is 4.79 Å². The van der Waals surface area contributed by atoms with Gasteiger partial charge in [-0.3, -0.25) is 9.78 Å². The third-order valence-electron chi connectivity index (χ3n) is 2.98. The van der Waals surface area contributed by atoms with E-state index in [1.165, 1.54) is 5.56 Å². The highest BCUT2D eigenvalue weighted by molar-refractivity contribution is 6.30. The predicted molar refractivity (Wildman–Crippen MR) is 80.7 cm³/mol. The van der Waals surface area contributed by atoms with Crippen LogP contribution in [0.2, 0.25) is 5.02 Å². The molecule has 0 bridgehead atoms. The van der Waals surface area contributed by atoms with Gasteiger partial charge in [-0.2, -0.15) is 0 Å². The van der Waals surface area contributed by atoms with Gasteiger partial charge >= 0.3 is 0 Å². The molecule has 0 aliphatic carbocycles. The van der Waals surface area contributed by atoms with Crippen molar-refractivity contribution in [2.75, 3.05) is 6.54 Å². The number of amides is 1. The molecule has 4 heteroatoms. The third-order valence-corrected chi connectivity index (χ3v) is 3.24. The lowest BCUT2D eigenvalue weighted by Gasteiger charge is -2.05. The lowest BCUT2D eigenvalue weighted by Crippen LogP contribution is -2.25. The fourth-order valence-electron chi connectivity index (χ4n) is 1.87. The van der Waals surface area contributed by atoms with Gasteiger partial charge in [-0.05, 0) is 42.7 Å². The van der Waals surface area contributed by atoms with Crippen molar-refractivity contribution in [2.45, 2.75) is 19.3 Å². The molecule has 0 fully saturated rings. The molecule has 1 aromatic carbocycles. The second-order valence-corrected chi connectivity index (χ2v) is 4.98. The van der Waals surface area contributed by atoms with Crippen LogP contribution in [0, 0.1) is 0 Å². The van der Waals surface area contributed by atoms with E-state index in [0.717, 1.165) is 17.1 Å². The van der Waals surface area contributed by atoms with Crippen LogP contribution < -0.4 is 5.32 Å². The van der Waals surface area contributed by atoms with E-state index < -0.39 is 0 Å². The Hall–Kier alpha value is -1.87. The number of carbonyl (C=O) groups is 1. The van der Waals surface area contributed by atoms with Crippen molar-refractivity contribution in [1.29, 1.82) is 0 Å². The molecule has 2 rings (SSSR count). The summed E-state index contributed by atoms with van der Waals surface area (Å²) in [7, 11) is 0. The summed E-state index contributed by atoms with van der Waals surface area (Å²) in [4.78, 5) is 15.9. The van der Waals surface area contributed by atoms with Crippen LogP contribution in [0.15, 0.2) is 48.7 Å². The Labute approximate surface area is 124 Å². The zero-order valence-electron chi connectivity index (χ0n) is 11.2. The number of halogens is 1. The van der Waals surface area contributed by atoms with Crippen LogP contribution >= 0.6 is 11.6 Å². The molecule has 0 aliphatic heterocycles. The molecule has 104 valence electrons. The topological polar surface area (TPSA) is 42.0 Å². The number of pyridine rings is 1. The molecule has 0 unspecified atom stereocenters. The number of benzene rings is 1. The molecular formula is C16H17ClN2O. The van der Waals surface area contributed by atoms with Gasteiger partial charge in [0.1, 0.15) is 0 Å². The first-order chi connectivity index (χ1) is 9.74. The zero-order chi connectivity index (χ0) is 14.2. The van der Waals surface area contributed by atoms with Crippen LogP contribution in [-0.4, -0.2) is 17.4 Å². The first kappa shape index (κ1) is 14.5. The molecule has 1 amide bonds. The molecule has 1 heterocycles. The summed E-state index contributed by atoms with van der Waals surface area (Å²) >= 11 is 5.82. The van der Waals surface area contributed by atoms with Gasteiger partial charge < -0.3 is 5.32 Å². The van der Waals surface area contributed by atoms with E-state index in [-0.39, 0.29) is 5.91 Å². The lowest BCUT2D eigenvalue weighted by atomic mass is 10.1. The number of aryl methyl sites for hydroxylation is 1. The number of hydrogen-bond donors (Lipinski definition) is 1. The second-order valence-electron chi connectivity index (χ2n) is 4.55. The van der Waals surface area contributed by atoms with Crippen molar-refractivity contribution >= 4 is 17.5 Å². The summed E-state index contributed by atoms with van der Waals surface area (Å²) < 4.78 is 0. The normalized spacial score (nSPS) is 10.2. The molecule has 0 atom stereocenters. The number of carbonyl (C=O) groups excluding carboxylic acids is 1. The fraction of sp³-hybridized carbons (Fsp3) is 0.250. The Morgan fingerprint density at radius 3 is 2.60 bits per heavy atom. The molecule has 0 aliphatic rings. The molecule has 1 N–H and O–H groups in total. The summed E-state index contributed by atoms with van der Waals surface area (Å²) in [6.07, 6.45) is 3.70. The summed E-state index contributed by atoms with van der Waals surface area (Å²) in [5, 5.41) is 3.65. The minimum absolute atomic E-state index is 0.0598. The summed E-state index contributed by atoms with van der Waals surface area (Å²) in [5.74, 6) is 0.0598. The highest BCUT2D eigenvalue weighted by Crippen LogP contribution is 2.09. The van der Waals surface area contributed by atoms with E-state index in [1.807, 2.05) is 42.5 Å². The molecular weight excluding hydrogens is 272 g/mol. The van der Waals surface area contributed by atoms with Crippen molar-refractivity contribution in [3.8, 4) is 0 Å². The van der Waals surface area contributed by atoms with Gasteiger partial charge in [0.05, 0.1) is 0 Å². The van der Waals surface area contributed by atoms with Gasteiger partial charge in [0.15, 0.2) is 0 Å². The molecule has 0 spiro atoms. The number of rotatable bonds is 6. The Morgan fingerprint density at radius 1 is 1.10 bits per heavy atom. The first-order valence-corrected chi connectivity index (χ1v) is 7.03. The SMILES string of the molecule is O=C(CCc1ccccn1)NCCc1ccc(Cl)cc1. The third kappa shape index (κ3) is 5.02. The van der Waals surface area contributed by atoms with E-state index in [2.05, 4.69) is 10.3 Å². The maximum absolute atomic E-state index is 11.7. The number of aromatic nitrogens is 1. The summed E-state index contributed by atoms with van der Waals surface area (Å²) in [6, 6.07) is 13.4. The van der Waals surface area contributed by atoms with E-state index >= 15 is 0 Å². The van der Waals surface area contributed by atoms with E-state index in [0.29, 0.717) is 19.4 Å². The predicted octanol–water partition coefficient (Wildman–Crippen LogP) is 3.03. The van der Waals surface area contributed by atoms with E-state index in [4.69, 9.17) is 11.6 Å². The Balaban J connectivity index is 1.66. The molecule has 3 nitrogen and oxygen atoms in total. The van der Waals surface area contributed by atoms with E-state index in [9.17, 15) is 4.79 Å². The smallest absolute Gasteiger partial charge is 0.220 e. The summed E-state index contributed by atoms with van der Waals surface area (Å²) in [6.45, 7) is 0.642. The number of nitrogens with zero attached hydrogens (tertiary/aromatic N) is 1. The Kier molecular flexibility index (Phi) is 5.56. The minimum atomic E-state index is 0.0598. The fourth-order valence-corrected chi connectivity index (χ4v) is 2.00. The highest BCUT2D eigenvalue weighted by atomic mass is 35.5. The van der Waals surface area contributed by atoms with Crippen molar-refractivity contribution in [3.05, 3.63) is 64.9 Å². The molecule has 1 aromatic heterocycles. The monoisotopic (exact) mass is 288 g/mol. The quantitative estimate of drug-likeness (QED) is 0.888. The summed E-state index contributed by atoms with van der Waals surface area (Å²) in [5.41, 5.74) is 2.11. The van der Waals surface area contributed by atoms with Crippen molar-refractivity contribution in [3.63, 3.8) is 0 Å². The number of hydrogen-bond acceptors (Lipinski definition) is 2. The Bertz CT molecular complexity index is 540. The highest BCUT2D eigenvalue weighted by Gasteiger charge is 2.02. The maximum Gasteiger partial charge on any atom is 0.220 e.